The third kappa shape index (κ3) is 2.51. The summed E-state index contributed by atoms with van der Waals surface area (Å²) in [6.45, 7) is 1.69. The van der Waals surface area contributed by atoms with Gasteiger partial charge < -0.3 is 4.42 Å². The van der Waals surface area contributed by atoms with Crippen molar-refractivity contribution in [2.45, 2.75) is 13.3 Å². The Kier molecular flexibility index (Phi) is 3.63. The van der Waals surface area contributed by atoms with Gasteiger partial charge in [0.15, 0.2) is 11.6 Å². The van der Waals surface area contributed by atoms with Gasteiger partial charge in [0.25, 0.3) is 0 Å². The zero-order valence-electron chi connectivity index (χ0n) is 9.77. The van der Waals surface area contributed by atoms with Crippen LogP contribution in [0.15, 0.2) is 41.0 Å². The Morgan fingerprint density at radius 1 is 1.11 bits per heavy atom. The van der Waals surface area contributed by atoms with Crippen LogP contribution in [0.3, 0.4) is 0 Å². The molecule has 0 amide bonds. The van der Waals surface area contributed by atoms with Crippen LogP contribution in [0.1, 0.15) is 32.9 Å². The van der Waals surface area contributed by atoms with Crippen molar-refractivity contribution in [3.63, 3.8) is 0 Å². The van der Waals surface area contributed by atoms with Crippen molar-refractivity contribution in [1.82, 2.24) is 0 Å². The fraction of sp³-hybridized carbons (Fsp3) is 0.143. The predicted octanol–water partition coefficient (Wildman–Crippen LogP) is 3.70. The van der Waals surface area contributed by atoms with Gasteiger partial charge in [-0.3, -0.25) is 9.59 Å². The molecule has 2 rings (SSSR count). The molecule has 0 fully saturated rings. The average molecular weight is 263 g/mol. The van der Waals surface area contributed by atoms with Crippen molar-refractivity contribution in [3.8, 4) is 0 Å². The van der Waals surface area contributed by atoms with Crippen molar-refractivity contribution < 1.29 is 14.0 Å². The van der Waals surface area contributed by atoms with Crippen molar-refractivity contribution in [1.29, 1.82) is 0 Å². The molecular weight excluding hydrogens is 252 g/mol. The molecule has 0 N–H and O–H groups in total. The molecule has 18 heavy (non-hydrogen) atoms. The van der Waals surface area contributed by atoms with E-state index in [1.54, 1.807) is 37.3 Å². The van der Waals surface area contributed by atoms with E-state index < -0.39 is 0 Å². The Morgan fingerprint density at radius 2 is 1.78 bits per heavy atom. The summed E-state index contributed by atoms with van der Waals surface area (Å²) in [6.07, 6.45) is 1.23. The molecule has 92 valence electrons. The summed E-state index contributed by atoms with van der Waals surface area (Å²) in [7, 11) is 0. The molecule has 0 unspecified atom stereocenters. The van der Waals surface area contributed by atoms with Crippen molar-refractivity contribution in [2.24, 2.45) is 0 Å². The molecule has 0 bridgehead atoms. The third-order valence-electron chi connectivity index (χ3n) is 2.65. The smallest absolute Gasteiger partial charge is 0.174 e. The molecule has 0 saturated heterocycles. The molecule has 1 aromatic heterocycles. The Balaban J connectivity index is 2.16. The standard InChI is InChI=1S/C14H11ClO3/c1-9-10(6-7-18-9)13(16)8-14(17)11-4-2-3-5-12(11)15/h2-7H,8H2,1H3. The molecule has 2 aromatic rings. The predicted molar refractivity (Wildman–Crippen MR) is 68.2 cm³/mol. The van der Waals surface area contributed by atoms with Crippen molar-refractivity contribution in [2.75, 3.05) is 0 Å². The van der Waals surface area contributed by atoms with Crippen LogP contribution in [0.5, 0.6) is 0 Å². The van der Waals surface area contributed by atoms with Gasteiger partial charge in [-0.2, -0.15) is 0 Å². The highest BCUT2D eigenvalue weighted by Gasteiger charge is 2.18. The molecule has 0 aliphatic heterocycles. The minimum absolute atomic E-state index is 0.204. The number of hydrogen-bond acceptors (Lipinski definition) is 3. The number of ketones is 2. The first-order chi connectivity index (χ1) is 8.59. The van der Waals surface area contributed by atoms with E-state index in [2.05, 4.69) is 0 Å². The van der Waals surface area contributed by atoms with E-state index in [0.717, 1.165) is 0 Å². The van der Waals surface area contributed by atoms with Crippen LogP contribution in [-0.2, 0) is 0 Å². The molecule has 0 aliphatic carbocycles. The number of benzene rings is 1. The van der Waals surface area contributed by atoms with E-state index in [-0.39, 0.29) is 18.0 Å². The molecule has 4 heteroatoms. The summed E-state index contributed by atoms with van der Waals surface area (Å²) in [5.41, 5.74) is 0.809. The number of halogens is 1. The summed E-state index contributed by atoms with van der Waals surface area (Å²) >= 11 is 5.91. The Bertz CT molecular complexity index is 599. The Labute approximate surface area is 109 Å². The van der Waals surface area contributed by atoms with Crippen LogP contribution in [0.2, 0.25) is 5.02 Å². The topological polar surface area (TPSA) is 47.3 Å². The maximum atomic E-state index is 11.9. The zero-order valence-corrected chi connectivity index (χ0v) is 10.5. The van der Waals surface area contributed by atoms with Gasteiger partial charge >= 0.3 is 0 Å². The first-order valence-corrected chi connectivity index (χ1v) is 5.82. The first-order valence-electron chi connectivity index (χ1n) is 5.44. The van der Waals surface area contributed by atoms with Gasteiger partial charge in [-0.15, -0.1) is 0 Å². The van der Waals surface area contributed by atoms with Crippen LogP contribution in [0.4, 0.5) is 0 Å². The van der Waals surface area contributed by atoms with Gasteiger partial charge in [0, 0.05) is 5.56 Å². The molecule has 0 aliphatic rings. The largest absolute Gasteiger partial charge is 0.469 e. The minimum atomic E-state index is -0.286. The fourth-order valence-electron chi connectivity index (χ4n) is 1.70. The lowest BCUT2D eigenvalue weighted by Gasteiger charge is -2.02. The number of furan rings is 1. The van der Waals surface area contributed by atoms with E-state index in [1.807, 2.05) is 0 Å². The summed E-state index contributed by atoms with van der Waals surface area (Å²) < 4.78 is 5.04. The average Bonchev–Trinajstić information content (AvgIpc) is 2.76. The normalized spacial score (nSPS) is 10.3. The summed E-state index contributed by atoms with van der Waals surface area (Å²) in [5, 5.41) is 0.360. The van der Waals surface area contributed by atoms with E-state index >= 15 is 0 Å². The molecule has 0 atom stereocenters. The second-order valence-electron chi connectivity index (χ2n) is 3.89. The number of aryl methyl sites for hydroxylation is 1. The molecule has 0 spiro atoms. The molecule has 1 aromatic carbocycles. The van der Waals surface area contributed by atoms with Crippen LogP contribution >= 0.6 is 11.6 Å². The fourth-order valence-corrected chi connectivity index (χ4v) is 1.94. The van der Waals surface area contributed by atoms with E-state index in [0.29, 0.717) is 21.9 Å². The van der Waals surface area contributed by atoms with Gasteiger partial charge in [0.05, 0.1) is 23.3 Å². The van der Waals surface area contributed by atoms with E-state index in [1.165, 1.54) is 6.26 Å². The number of carbonyl (C=O) groups is 2. The van der Waals surface area contributed by atoms with Gasteiger partial charge in [-0.05, 0) is 25.1 Å². The third-order valence-corrected chi connectivity index (χ3v) is 2.98. The number of carbonyl (C=O) groups excluding carboxylic acids is 2. The second kappa shape index (κ2) is 5.19. The summed E-state index contributed by atoms with van der Waals surface area (Å²) in [5.74, 6) is -0.0238. The van der Waals surface area contributed by atoms with Gasteiger partial charge in [-0.25, -0.2) is 0 Å². The zero-order chi connectivity index (χ0) is 13.1. The van der Waals surface area contributed by atoms with E-state index in [4.69, 9.17) is 16.0 Å². The Morgan fingerprint density at radius 3 is 2.39 bits per heavy atom. The van der Waals surface area contributed by atoms with Crippen LogP contribution in [0.25, 0.3) is 0 Å². The quantitative estimate of drug-likeness (QED) is 0.623. The lowest BCUT2D eigenvalue weighted by molar-refractivity contribution is 0.0893. The van der Waals surface area contributed by atoms with Gasteiger partial charge in [-0.1, -0.05) is 23.7 Å². The van der Waals surface area contributed by atoms with E-state index in [9.17, 15) is 9.59 Å². The summed E-state index contributed by atoms with van der Waals surface area (Å²) in [6, 6.07) is 8.26. The highest BCUT2D eigenvalue weighted by Crippen LogP contribution is 2.19. The maximum absolute atomic E-state index is 11.9. The molecular formula is C14H11ClO3. The highest BCUT2D eigenvalue weighted by atomic mass is 35.5. The number of rotatable bonds is 4. The number of hydrogen-bond donors (Lipinski definition) is 0. The van der Waals surface area contributed by atoms with Crippen LogP contribution in [-0.4, -0.2) is 11.6 Å². The summed E-state index contributed by atoms with van der Waals surface area (Å²) in [4.78, 5) is 23.8. The number of Topliss-reactive ketones (excluding diaryl/α,β-unsaturated/α-hetero) is 2. The van der Waals surface area contributed by atoms with Crippen LogP contribution < -0.4 is 0 Å². The van der Waals surface area contributed by atoms with Gasteiger partial charge in [0.2, 0.25) is 0 Å². The lowest BCUT2D eigenvalue weighted by atomic mass is 10.0. The lowest BCUT2D eigenvalue weighted by Crippen LogP contribution is -2.09. The maximum Gasteiger partial charge on any atom is 0.174 e. The minimum Gasteiger partial charge on any atom is -0.469 e. The first kappa shape index (κ1) is 12.6. The molecule has 1 heterocycles. The van der Waals surface area contributed by atoms with Gasteiger partial charge in [0.1, 0.15) is 5.76 Å². The van der Waals surface area contributed by atoms with Crippen molar-refractivity contribution in [3.05, 3.63) is 58.5 Å². The monoisotopic (exact) mass is 262 g/mol. The molecule has 0 saturated carbocycles. The second-order valence-corrected chi connectivity index (χ2v) is 4.30. The molecule has 3 nitrogen and oxygen atoms in total. The Hall–Kier alpha value is -1.87. The SMILES string of the molecule is Cc1occc1C(=O)CC(=O)c1ccccc1Cl. The van der Waals surface area contributed by atoms with Crippen LogP contribution in [0, 0.1) is 6.92 Å². The highest BCUT2D eigenvalue weighted by molar-refractivity contribution is 6.34. The van der Waals surface area contributed by atoms with Crippen molar-refractivity contribution >= 4 is 23.2 Å². The molecule has 0 radical (unpaired) electrons.